The van der Waals surface area contributed by atoms with E-state index in [4.69, 9.17) is 0 Å². The predicted octanol–water partition coefficient (Wildman–Crippen LogP) is 10.8. The maximum absolute atomic E-state index is 2.57. The fourth-order valence-corrected chi connectivity index (χ4v) is 11.3. The number of fused-ring (bicyclic) bond motifs is 2. The van der Waals surface area contributed by atoms with Gasteiger partial charge in [0.2, 0.25) is 0 Å². The van der Waals surface area contributed by atoms with Gasteiger partial charge in [0.15, 0.2) is 0 Å². The van der Waals surface area contributed by atoms with Crippen molar-refractivity contribution < 1.29 is 0 Å². The Morgan fingerprint density at radius 3 is 0.667 bits per heavy atom. The summed E-state index contributed by atoms with van der Waals surface area (Å²) in [6.07, 6.45) is 12.4. The van der Waals surface area contributed by atoms with Crippen LogP contribution in [0.3, 0.4) is 0 Å². The van der Waals surface area contributed by atoms with E-state index in [0.29, 0.717) is 21.7 Å². The summed E-state index contributed by atoms with van der Waals surface area (Å²) in [4.78, 5) is 0. The monoisotopic (exact) mass is 497 g/mol. The lowest BCUT2D eigenvalue weighted by molar-refractivity contribution is -0.191. The highest BCUT2D eigenvalue weighted by Crippen LogP contribution is 2.70. The molecular weight excluding hydrogens is 432 g/mol. The molecule has 5 aliphatic rings. The molecule has 8 unspecified atom stereocenters. The standard InChI is InChI=1S/C36H64/c1-33(2,3)23-13-21-14-24(34(4,5)6)19-29-30-20-26(36(10,11)12)16-22-15-25(35(7,8)9)18-28(32(22)30)27(17-23)31(21)29/h21-32H,13-20H2,1-12H3. The van der Waals surface area contributed by atoms with Gasteiger partial charge in [-0.15, -0.1) is 0 Å². The molecule has 0 bridgehead atoms. The third-order valence-electron chi connectivity index (χ3n) is 13.6. The first kappa shape index (κ1) is 27.6. The molecule has 5 rings (SSSR count). The molecule has 0 radical (unpaired) electrons. The van der Waals surface area contributed by atoms with Crippen LogP contribution in [-0.2, 0) is 0 Å². The van der Waals surface area contributed by atoms with Crippen molar-refractivity contribution in [2.45, 2.75) is 134 Å². The van der Waals surface area contributed by atoms with Crippen molar-refractivity contribution in [3.63, 3.8) is 0 Å². The van der Waals surface area contributed by atoms with Crippen LogP contribution in [0.5, 0.6) is 0 Å². The number of hydrogen-bond acceptors (Lipinski definition) is 0. The van der Waals surface area contributed by atoms with Gasteiger partial charge in [-0.2, -0.15) is 0 Å². The van der Waals surface area contributed by atoms with Crippen LogP contribution in [0.4, 0.5) is 0 Å². The summed E-state index contributed by atoms with van der Waals surface area (Å²) in [7, 11) is 0. The molecule has 0 aromatic rings. The molecule has 0 heteroatoms. The van der Waals surface area contributed by atoms with Gasteiger partial charge >= 0.3 is 0 Å². The SMILES string of the molecule is CC(C)(C)C1CC2CC(C(C)(C)C)CC3C4CC(C(C)(C)C)CC5CC(C(C)(C)C)CC(C(C1)C23)C54. The minimum atomic E-state index is 0.466. The largest absolute Gasteiger partial charge is 0.0599 e. The van der Waals surface area contributed by atoms with Gasteiger partial charge in [0.25, 0.3) is 0 Å². The van der Waals surface area contributed by atoms with Crippen LogP contribution in [0.2, 0.25) is 0 Å². The molecule has 5 fully saturated rings. The van der Waals surface area contributed by atoms with Crippen molar-refractivity contribution in [3.05, 3.63) is 0 Å². The Kier molecular flexibility index (Phi) is 6.70. The zero-order valence-electron chi connectivity index (χ0n) is 26.6. The molecule has 5 saturated carbocycles. The van der Waals surface area contributed by atoms with Crippen molar-refractivity contribution in [3.8, 4) is 0 Å². The summed E-state index contributed by atoms with van der Waals surface area (Å²) in [5, 5.41) is 0. The number of rotatable bonds is 0. The van der Waals surface area contributed by atoms with Crippen molar-refractivity contribution in [2.75, 3.05) is 0 Å². The molecule has 0 aliphatic heterocycles. The van der Waals surface area contributed by atoms with Gasteiger partial charge in [-0.1, -0.05) is 83.1 Å². The van der Waals surface area contributed by atoms with Gasteiger partial charge in [-0.05, 0) is 144 Å². The van der Waals surface area contributed by atoms with Gasteiger partial charge in [0.05, 0.1) is 0 Å². The second-order valence-electron chi connectivity index (χ2n) is 19.5. The maximum atomic E-state index is 2.57. The lowest BCUT2D eigenvalue weighted by Gasteiger charge is -2.68. The Morgan fingerprint density at radius 1 is 0.306 bits per heavy atom. The van der Waals surface area contributed by atoms with Crippen LogP contribution < -0.4 is 0 Å². The highest BCUT2D eigenvalue weighted by molar-refractivity contribution is 5.11. The van der Waals surface area contributed by atoms with Crippen molar-refractivity contribution in [1.29, 1.82) is 0 Å². The van der Waals surface area contributed by atoms with E-state index >= 15 is 0 Å². The molecule has 0 N–H and O–H groups in total. The Bertz CT molecular complexity index is 658. The highest BCUT2D eigenvalue weighted by atomic mass is 14.7. The van der Waals surface area contributed by atoms with Gasteiger partial charge in [-0.25, -0.2) is 0 Å². The van der Waals surface area contributed by atoms with E-state index in [0.717, 1.165) is 71.0 Å². The summed E-state index contributed by atoms with van der Waals surface area (Å²) in [5.41, 5.74) is 1.86. The average Bonchev–Trinajstić information content (AvgIpc) is 2.73. The molecule has 0 amide bonds. The fourth-order valence-electron chi connectivity index (χ4n) is 11.3. The molecule has 0 aromatic carbocycles. The van der Waals surface area contributed by atoms with Gasteiger partial charge < -0.3 is 0 Å². The summed E-state index contributed by atoms with van der Waals surface area (Å²) >= 11 is 0. The lowest BCUT2D eigenvalue weighted by atomic mass is 9.37. The van der Waals surface area contributed by atoms with E-state index < -0.39 is 0 Å². The zero-order chi connectivity index (χ0) is 26.6. The average molecular weight is 497 g/mol. The first-order valence-corrected chi connectivity index (χ1v) is 16.4. The molecule has 0 spiro atoms. The smallest absolute Gasteiger partial charge is 0.0323 e. The maximum Gasteiger partial charge on any atom is -0.0323 e. The summed E-state index contributed by atoms with van der Waals surface area (Å²) in [6.45, 7) is 30.8. The first-order chi connectivity index (χ1) is 16.4. The van der Waals surface area contributed by atoms with Crippen molar-refractivity contribution in [2.24, 2.45) is 92.7 Å². The van der Waals surface area contributed by atoms with Crippen LogP contribution in [0.1, 0.15) is 134 Å². The van der Waals surface area contributed by atoms with E-state index in [2.05, 4.69) is 83.1 Å². The predicted molar refractivity (Wildman–Crippen MR) is 157 cm³/mol. The Labute approximate surface area is 226 Å². The first-order valence-electron chi connectivity index (χ1n) is 16.4. The summed E-state index contributed by atoms with van der Waals surface area (Å²) < 4.78 is 0. The van der Waals surface area contributed by atoms with Crippen LogP contribution >= 0.6 is 0 Å². The van der Waals surface area contributed by atoms with E-state index in [9.17, 15) is 0 Å². The second-order valence-corrected chi connectivity index (χ2v) is 19.5. The minimum Gasteiger partial charge on any atom is -0.0599 e. The fraction of sp³-hybridized carbons (Fsp3) is 1.00. The Hall–Kier alpha value is 0. The van der Waals surface area contributed by atoms with Crippen LogP contribution in [-0.4, -0.2) is 0 Å². The van der Waals surface area contributed by atoms with Crippen molar-refractivity contribution >= 4 is 0 Å². The molecular formula is C36H64. The second kappa shape index (κ2) is 8.75. The molecule has 0 saturated heterocycles. The minimum absolute atomic E-state index is 0.466. The zero-order valence-corrected chi connectivity index (χ0v) is 26.6. The number of hydrogen-bond donors (Lipinski definition) is 0. The van der Waals surface area contributed by atoms with Crippen LogP contribution in [0, 0.1) is 92.7 Å². The Balaban J connectivity index is 1.59. The lowest BCUT2D eigenvalue weighted by Crippen LogP contribution is -2.61. The van der Waals surface area contributed by atoms with Gasteiger partial charge in [-0.3, -0.25) is 0 Å². The molecule has 8 atom stereocenters. The molecule has 36 heavy (non-hydrogen) atoms. The van der Waals surface area contributed by atoms with Gasteiger partial charge in [0.1, 0.15) is 0 Å². The normalized spacial score (nSPS) is 47.7. The van der Waals surface area contributed by atoms with E-state index in [1.807, 2.05) is 0 Å². The molecule has 208 valence electrons. The van der Waals surface area contributed by atoms with E-state index in [-0.39, 0.29) is 0 Å². The van der Waals surface area contributed by atoms with Crippen LogP contribution in [0.25, 0.3) is 0 Å². The molecule has 0 aromatic heterocycles. The topological polar surface area (TPSA) is 0 Å². The van der Waals surface area contributed by atoms with Crippen LogP contribution in [0.15, 0.2) is 0 Å². The highest BCUT2D eigenvalue weighted by Gasteiger charge is 2.63. The van der Waals surface area contributed by atoms with E-state index in [1.165, 1.54) is 25.7 Å². The van der Waals surface area contributed by atoms with Gasteiger partial charge in [0, 0.05) is 0 Å². The summed E-state index contributed by atoms with van der Waals surface area (Å²) in [5.74, 6) is 11.9. The van der Waals surface area contributed by atoms with E-state index in [1.54, 1.807) is 25.7 Å². The third kappa shape index (κ3) is 4.78. The molecule has 0 nitrogen and oxygen atoms in total. The van der Waals surface area contributed by atoms with Crippen molar-refractivity contribution in [1.82, 2.24) is 0 Å². The molecule has 0 heterocycles. The third-order valence-corrected chi connectivity index (χ3v) is 13.6. The Morgan fingerprint density at radius 2 is 0.500 bits per heavy atom. The summed E-state index contributed by atoms with van der Waals surface area (Å²) in [6, 6.07) is 0. The quantitative estimate of drug-likeness (QED) is 0.313. The molecule has 5 aliphatic carbocycles.